The summed E-state index contributed by atoms with van der Waals surface area (Å²) >= 11 is 5.71. The fourth-order valence-electron chi connectivity index (χ4n) is 2.14. The van der Waals surface area contributed by atoms with Crippen molar-refractivity contribution in [3.8, 4) is 0 Å². The van der Waals surface area contributed by atoms with Crippen molar-refractivity contribution in [1.82, 2.24) is 4.90 Å². The monoisotopic (exact) mass is 361 g/mol. The maximum atomic E-state index is 13.2. The number of carbonyl (C=O) groups excluding carboxylic acids is 2. The molecule has 0 bridgehead atoms. The Labute approximate surface area is 145 Å². The van der Waals surface area contributed by atoms with Crippen molar-refractivity contribution in [3.05, 3.63) is 34.4 Å². The van der Waals surface area contributed by atoms with Crippen molar-refractivity contribution in [2.45, 2.75) is 27.7 Å². The number of nitrogens with zero attached hydrogens (tertiary/aromatic N) is 1. The number of esters is 1. The molecule has 0 aliphatic rings. The van der Waals surface area contributed by atoms with E-state index in [4.69, 9.17) is 16.3 Å². The Hall–Kier alpha value is -1.69. The molecule has 0 unspecified atom stereocenters. The van der Waals surface area contributed by atoms with E-state index in [0.717, 1.165) is 0 Å². The average molecular weight is 362 g/mol. The van der Waals surface area contributed by atoms with Crippen molar-refractivity contribution in [2.24, 2.45) is 11.8 Å². The third-order valence-electron chi connectivity index (χ3n) is 3.08. The quantitative estimate of drug-likeness (QED) is 0.546. The molecule has 0 N–H and O–H groups in total. The van der Waals surface area contributed by atoms with Crippen LogP contribution in [0.1, 0.15) is 38.1 Å². The van der Waals surface area contributed by atoms with Crippen LogP contribution in [0.15, 0.2) is 12.1 Å². The van der Waals surface area contributed by atoms with Crippen LogP contribution in [0.3, 0.4) is 0 Å². The van der Waals surface area contributed by atoms with Gasteiger partial charge < -0.3 is 9.64 Å². The molecule has 0 heterocycles. The second kappa shape index (κ2) is 8.97. The highest BCUT2D eigenvalue weighted by molar-refractivity contribution is 6.33. The van der Waals surface area contributed by atoms with Gasteiger partial charge in [0.25, 0.3) is 5.91 Å². The third kappa shape index (κ3) is 6.07. The first-order chi connectivity index (χ1) is 11.1. The summed E-state index contributed by atoms with van der Waals surface area (Å²) in [5, 5.41) is -0.271. The van der Waals surface area contributed by atoms with Crippen LogP contribution >= 0.6 is 11.6 Å². The Morgan fingerprint density at radius 1 is 1.08 bits per heavy atom. The van der Waals surface area contributed by atoms with Crippen LogP contribution in [0.5, 0.6) is 0 Å². The number of halogens is 3. The van der Waals surface area contributed by atoms with Gasteiger partial charge in [-0.25, -0.2) is 13.6 Å². The van der Waals surface area contributed by atoms with E-state index < -0.39 is 24.2 Å². The molecule has 4 nitrogen and oxygen atoms in total. The molecule has 1 aromatic carbocycles. The first-order valence-electron chi connectivity index (χ1n) is 7.71. The van der Waals surface area contributed by atoms with E-state index in [1.807, 2.05) is 27.7 Å². The summed E-state index contributed by atoms with van der Waals surface area (Å²) in [6.07, 6.45) is 0. The molecule has 0 saturated heterocycles. The Morgan fingerprint density at radius 3 is 2.08 bits per heavy atom. The molecule has 7 heteroatoms. The van der Waals surface area contributed by atoms with Gasteiger partial charge in [0, 0.05) is 13.1 Å². The van der Waals surface area contributed by atoms with Gasteiger partial charge in [0.05, 0.1) is 10.6 Å². The average Bonchev–Trinajstić information content (AvgIpc) is 2.46. The minimum atomic E-state index is -1.21. The SMILES string of the molecule is CC(C)CN(CC(C)C)C(=O)COC(=O)c1cc(F)c(F)cc1Cl. The molecule has 1 aromatic rings. The van der Waals surface area contributed by atoms with Crippen molar-refractivity contribution >= 4 is 23.5 Å². The summed E-state index contributed by atoms with van der Waals surface area (Å²) in [5.41, 5.74) is -0.317. The fourth-order valence-corrected chi connectivity index (χ4v) is 2.36. The lowest BCUT2D eigenvalue weighted by Crippen LogP contribution is -2.39. The Kier molecular flexibility index (Phi) is 7.60. The Bertz CT molecular complexity index is 596. The number of ether oxygens (including phenoxy) is 1. The van der Waals surface area contributed by atoms with Gasteiger partial charge >= 0.3 is 5.97 Å². The Morgan fingerprint density at radius 2 is 1.58 bits per heavy atom. The van der Waals surface area contributed by atoms with Crippen LogP contribution in [-0.4, -0.2) is 36.5 Å². The number of hydrogen-bond donors (Lipinski definition) is 0. The summed E-state index contributed by atoms with van der Waals surface area (Å²) in [7, 11) is 0. The van der Waals surface area contributed by atoms with Crippen LogP contribution in [0.2, 0.25) is 5.02 Å². The highest BCUT2D eigenvalue weighted by Crippen LogP contribution is 2.21. The molecule has 134 valence electrons. The molecule has 1 amide bonds. The zero-order valence-corrected chi connectivity index (χ0v) is 15.0. The van der Waals surface area contributed by atoms with Gasteiger partial charge in [-0.15, -0.1) is 0 Å². The number of benzene rings is 1. The molecule has 0 spiro atoms. The van der Waals surface area contributed by atoms with Crippen molar-refractivity contribution in [3.63, 3.8) is 0 Å². The first-order valence-corrected chi connectivity index (χ1v) is 8.09. The maximum absolute atomic E-state index is 13.2. The molecule has 1 rings (SSSR count). The molecule has 0 radical (unpaired) electrons. The molecule has 0 aliphatic heterocycles. The molecule has 0 fully saturated rings. The summed E-state index contributed by atoms with van der Waals surface area (Å²) in [6.45, 7) is 8.53. The van der Waals surface area contributed by atoms with Crippen LogP contribution in [-0.2, 0) is 9.53 Å². The number of amides is 1. The molecular formula is C17H22ClF2NO3. The first kappa shape index (κ1) is 20.4. The van der Waals surface area contributed by atoms with Crippen LogP contribution in [0.25, 0.3) is 0 Å². The van der Waals surface area contributed by atoms with Crippen molar-refractivity contribution in [2.75, 3.05) is 19.7 Å². The smallest absolute Gasteiger partial charge is 0.340 e. The third-order valence-corrected chi connectivity index (χ3v) is 3.39. The highest BCUT2D eigenvalue weighted by Gasteiger charge is 2.21. The lowest BCUT2D eigenvalue weighted by molar-refractivity contribution is -0.135. The van der Waals surface area contributed by atoms with E-state index in [0.29, 0.717) is 25.2 Å². The molecule has 0 aliphatic carbocycles. The van der Waals surface area contributed by atoms with Crippen LogP contribution in [0.4, 0.5) is 8.78 Å². The van der Waals surface area contributed by atoms with Gasteiger partial charge in [0.1, 0.15) is 0 Å². The minimum Gasteiger partial charge on any atom is -0.452 e. The van der Waals surface area contributed by atoms with Crippen molar-refractivity contribution in [1.29, 1.82) is 0 Å². The molecule has 0 atom stereocenters. The van der Waals surface area contributed by atoms with E-state index >= 15 is 0 Å². The maximum Gasteiger partial charge on any atom is 0.340 e. The minimum absolute atomic E-state index is 0.268. The standard InChI is InChI=1S/C17H22ClF2NO3/c1-10(2)7-21(8-11(3)4)16(22)9-24-17(23)12-5-14(19)15(20)6-13(12)18/h5-6,10-11H,7-9H2,1-4H3. The van der Waals surface area contributed by atoms with Gasteiger partial charge in [-0.2, -0.15) is 0 Å². The van der Waals surface area contributed by atoms with Crippen molar-refractivity contribution < 1.29 is 23.1 Å². The van der Waals surface area contributed by atoms with Gasteiger partial charge in [-0.1, -0.05) is 39.3 Å². The molecule has 0 aromatic heterocycles. The highest BCUT2D eigenvalue weighted by atomic mass is 35.5. The number of rotatable bonds is 7. The summed E-state index contributed by atoms with van der Waals surface area (Å²) in [6, 6.07) is 1.35. The zero-order valence-electron chi connectivity index (χ0n) is 14.2. The van der Waals surface area contributed by atoms with E-state index in [-0.39, 0.29) is 28.3 Å². The Balaban J connectivity index is 2.74. The van der Waals surface area contributed by atoms with Gasteiger partial charge in [0.15, 0.2) is 18.2 Å². The second-order valence-corrected chi connectivity index (χ2v) is 6.82. The van der Waals surface area contributed by atoms with E-state index in [9.17, 15) is 18.4 Å². The number of carbonyl (C=O) groups is 2. The van der Waals surface area contributed by atoms with Crippen LogP contribution in [0, 0.1) is 23.5 Å². The lowest BCUT2D eigenvalue weighted by Gasteiger charge is -2.26. The van der Waals surface area contributed by atoms with Crippen LogP contribution < -0.4 is 0 Å². The van der Waals surface area contributed by atoms with E-state index in [1.54, 1.807) is 4.90 Å². The molecule has 0 saturated carbocycles. The summed E-state index contributed by atoms with van der Waals surface area (Å²) in [4.78, 5) is 25.8. The van der Waals surface area contributed by atoms with Gasteiger partial charge in [0.2, 0.25) is 0 Å². The van der Waals surface area contributed by atoms with Gasteiger partial charge in [-0.3, -0.25) is 4.79 Å². The normalized spacial score (nSPS) is 11.0. The number of hydrogen-bond acceptors (Lipinski definition) is 3. The fraction of sp³-hybridized carbons (Fsp3) is 0.529. The topological polar surface area (TPSA) is 46.6 Å². The molecule has 24 heavy (non-hydrogen) atoms. The van der Waals surface area contributed by atoms with E-state index in [1.165, 1.54) is 0 Å². The predicted molar refractivity (Wildman–Crippen MR) is 87.9 cm³/mol. The van der Waals surface area contributed by atoms with Gasteiger partial charge in [-0.05, 0) is 24.0 Å². The molecular weight excluding hydrogens is 340 g/mol. The second-order valence-electron chi connectivity index (χ2n) is 6.41. The summed E-state index contributed by atoms with van der Waals surface area (Å²) < 4.78 is 31.1. The largest absolute Gasteiger partial charge is 0.452 e. The predicted octanol–water partition coefficient (Wildman–Crippen LogP) is 3.92. The van der Waals surface area contributed by atoms with E-state index in [2.05, 4.69) is 0 Å². The zero-order chi connectivity index (χ0) is 18.4. The summed E-state index contributed by atoms with van der Waals surface area (Å²) in [5.74, 6) is -3.15. The lowest BCUT2D eigenvalue weighted by atomic mass is 10.1.